The Labute approximate surface area is 209 Å². The largest absolute Gasteiger partial charge is 0.352 e. The molecule has 4 rings (SSSR count). The van der Waals surface area contributed by atoms with Gasteiger partial charge in [0.1, 0.15) is 11.2 Å². The Balaban J connectivity index is 1.52. The minimum atomic E-state index is -0.644. The lowest BCUT2D eigenvalue weighted by Crippen LogP contribution is -2.42. The molecule has 0 unspecified atom stereocenters. The summed E-state index contributed by atoms with van der Waals surface area (Å²) in [7, 11) is 0. The molecule has 0 bridgehead atoms. The summed E-state index contributed by atoms with van der Waals surface area (Å²) in [4.78, 5) is 51.3. The zero-order valence-electron chi connectivity index (χ0n) is 18.9. The van der Waals surface area contributed by atoms with Crippen molar-refractivity contribution in [3.63, 3.8) is 0 Å². The zero-order chi connectivity index (χ0) is 24.9. The standard InChI is InChI=1S/C25H23ClN4O4S/c1-16-7-8-18(26)13-19(16)28-22(32)15-30-20-10-12-35-23(20)24(33)29(25(30)34)11-9-21(31)27-14-17-5-3-2-4-6-17/h2-8,10,12-13H,9,11,14-15H2,1H3,(H,27,31)(H,28,32). The average Bonchev–Trinajstić information content (AvgIpc) is 3.33. The van der Waals surface area contributed by atoms with E-state index >= 15 is 0 Å². The van der Waals surface area contributed by atoms with Crippen LogP contribution in [0, 0.1) is 6.92 Å². The van der Waals surface area contributed by atoms with Gasteiger partial charge in [0, 0.05) is 30.2 Å². The van der Waals surface area contributed by atoms with Crippen molar-refractivity contribution in [2.24, 2.45) is 0 Å². The highest BCUT2D eigenvalue weighted by molar-refractivity contribution is 7.17. The molecule has 2 amide bonds. The summed E-state index contributed by atoms with van der Waals surface area (Å²) in [6.45, 7) is 1.80. The number of halogens is 1. The smallest absolute Gasteiger partial charge is 0.332 e. The highest BCUT2D eigenvalue weighted by Gasteiger charge is 2.17. The first-order chi connectivity index (χ1) is 16.8. The number of benzene rings is 2. The Hall–Kier alpha value is -3.69. The second-order valence-corrected chi connectivity index (χ2v) is 9.33. The van der Waals surface area contributed by atoms with Gasteiger partial charge in [-0.1, -0.05) is 48.0 Å². The molecule has 0 radical (unpaired) electrons. The summed E-state index contributed by atoms with van der Waals surface area (Å²) < 4.78 is 2.62. The molecule has 0 spiro atoms. The second kappa shape index (κ2) is 10.7. The molecular weight excluding hydrogens is 488 g/mol. The number of thiophene rings is 1. The summed E-state index contributed by atoms with van der Waals surface area (Å²) in [5, 5.41) is 7.72. The molecule has 0 aliphatic rings. The monoisotopic (exact) mass is 510 g/mol. The number of aromatic nitrogens is 2. The lowest BCUT2D eigenvalue weighted by atomic mass is 10.2. The van der Waals surface area contributed by atoms with Gasteiger partial charge in [0.15, 0.2) is 0 Å². The van der Waals surface area contributed by atoms with Crippen molar-refractivity contribution in [3.05, 3.63) is 97.0 Å². The third-order valence-corrected chi connectivity index (χ3v) is 6.63. The minimum absolute atomic E-state index is 0.0488. The number of aryl methyl sites for hydroxylation is 1. The Morgan fingerprint density at radius 3 is 2.54 bits per heavy atom. The van der Waals surface area contributed by atoms with E-state index in [2.05, 4.69) is 10.6 Å². The molecule has 180 valence electrons. The first-order valence-corrected chi connectivity index (χ1v) is 12.2. The molecule has 0 fully saturated rings. The highest BCUT2D eigenvalue weighted by Crippen LogP contribution is 2.20. The number of amides is 2. The molecule has 0 aliphatic carbocycles. The van der Waals surface area contributed by atoms with Crippen LogP contribution in [0.4, 0.5) is 5.69 Å². The van der Waals surface area contributed by atoms with Crippen LogP contribution in [0.25, 0.3) is 10.2 Å². The van der Waals surface area contributed by atoms with Crippen molar-refractivity contribution >= 4 is 50.7 Å². The first-order valence-electron chi connectivity index (χ1n) is 10.9. The van der Waals surface area contributed by atoms with Gasteiger partial charge in [-0.25, -0.2) is 4.79 Å². The van der Waals surface area contributed by atoms with E-state index in [9.17, 15) is 19.2 Å². The van der Waals surface area contributed by atoms with E-state index in [1.54, 1.807) is 29.6 Å². The van der Waals surface area contributed by atoms with E-state index in [0.29, 0.717) is 27.5 Å². The van der Waals surface area contributed by atoms with Crippen molar-refractivity contribution in [1.82, 2.24) is 14.5 Å². The maximum atomic E-state index is 13.2. The Morgan fingerprint density at radius 2 is 1.77 bits per heavy atom. The molecule has 8 nitrogen and oxygen atoms in total. The van der Waals surface area contributed by atoms with Crippen LogP contribution < -0.4 is 21.9 Å². The molecule has 0 saturated carbocycles. The van der Waals surface area contributed by atoms with Crippen LogP contribution in [-0.2, 0) is 29.2 Å². The predicted octanol–water partition coefficient (Wildman–Crippen LogP) is 3.53. The van der Waals surface area contributed by atoms with Gasteiger partial charge in [-0.2, -0.15) is 0 Å². The number of nitrogens with one attached hydrogen (secondary N) is 2. The van der Waals surface area contributed by atoms with Crippen molar-refractivity contribution in [2.75, 3.05) is 5.32 Å². The van der Waals surface area contributed by atoms with Gasteiger partial charge < -0.3 is 10.6 Å². The van der Waals surface area contributed by atoms with Gasteiger partial charge in [-0.15, -0.1) is 11.3 Å². The number of nitrogens with zero attached hydrogens (tertiary/aromatic N) is 2. The maximum Gasteiger partial charge on any atom is 0.332 e. The fraction of sp³-hybridized carbons (Fsp3) is 0.200. The predicted molar refractivity (Wildman–Crippen MR) is 138 cm³/mol. The maximum absolute atomic E-state index is 13.2. The lowest BCUT2D eigenvalue weighted by molar-refractivity contribution is -0.121. The lowest BCUT2D eigenvalue weighted by Gasteiger charge is -2.13. The molecule has 2 aromatic carbocycles. The van der Waals surface area contributed by atoms with Crippen molar-refractivity contribution < 1.29 is 9.59 Å². The van der Waals surface area contributed by atoms with Gasteiger partial charge in [-0.05, 0) is 41.6 Å². The summed E-state index contributed by atoms with van der Waals surface area (Å²) >= 11 is 7.21. The topological polar surface area (TPSA) is 102 Å². The Morgan fingerprint density at radius 1 is 1.00 bits per heavy atom. The average molecular weight is 511 g/mol. The van der Waals surface area contributed by atoms with E-state index in [0.717, 1.165) is 15.7 Å². The Kier molecular flexibility index (Phi) is 7.48. The van der Waals surface area contributed by atoms with Gasteiger partial charge in [0.05, 0.1) is 5.52 Å². The highest BCUT2D eigenvalue weighted by atomic mass is 35.5. The third-order valence-electron chi connectivity index (χ3n) is 5.51. The van der Waals surface area contributed by atoms with E-state index in [1.165, 1.54) is 15.9 Å². The third kappa shape index (κ3) is 5.70. The molecule has 2 heterocycles. The van der Waals surface area contributed by atoms with Crippen LogP contribution in [0.5, 0.6) is 0 Å². The fourth-order valence-electron chi connectivity index (χ4n) is 3.64. The van der Waals surface area contributed by atoms with Crippen LogP contribution in [0.15, 0.2) is 69.6 Å². The van der Waals surface area contributed by atoms with Gasteiger partial charge in [-0.3, -0.25) is 23.5 Å². The van der Waals surface area contributed by atoms with Gasteiger partial charge >= 0.3 is 5.69 Å². The van der Waals surface area contributed by atoms with E-state index in [1.807, 2.05) is 37.3 Å². The molecule has 2 aromatic heterocycles. The number of carbonyl (C=O) groups is 2. The van der Waals surface area contributed by atoms with Crippen LogP contribution in [0.1, 0.15) is 17.5 Å². The van der Waals surface area contributed by atoms with Crippen LogP contribution in [0.2, 0.25) is 5.02 Å². The minimum Gasteiger partial charge on any atom is -0.352 e. The molecular formula is C25H23ClN4O4S. The fourth-order valence-corrected chi connectivity index (χ4v) is 4.66. The van der Waals surface area contributed by atoms with Crippen molar-refractivity contribution in [3.8, 4) is 0 Å². The molecule has 0 atom stereocenters. The quantitative estimate of drug-likeness (QED) is 0.378. The summed E-state index contributed by atoms with van der Waals surface area (Å²) in [5.74, 6) is -0.720. The van der Waals surface area contributed by atoms with Gasteiger partial charge in [0.2, 0.25) is 11.8 Å². The number of rotatable bonds is 8. The number of carbonyl (C=O) groups excluding carboxylic acids is 2. The number of hydrogen-bond acceptors (Lipinski definition) is 5. The van der Waals surface area contributed by atoms with Gasteiger partial charge in [0.25, 0.3) is 5.56 Å². The van der Waals surface area contributed by atoms with Crippen LogP contribution in [0.3, 0.4) is 0 Å². The second-order valence-electron chi connectivity index (χ2n) is 7.98. The normalized spacial score (nSPS) is 10.9. The number of anilines is 1. The molecule has 35 heavy (non-hydrogen) atoms. The summed E-state index contributed by atoms with van der Waals surface area (Å²) in [6.07, 6.45) is -0.0488. The zero-order valence-corrected chi connectivity index (χ0v) is 20.5. The number of fused-ring (bicyclic) bond motifs is 1. The van der Waals surface area contributed by atoms with E-state index in [-0.39, 0.29) is 25.4 Å². The molecule has 0 aliphatic heterocycles. The SMILES string of the molecule is Cc1ccc(Cl)cc1NC(=O)Cn1c(=O)n(CCC(=O)NCc2ccccc2)c(=O)c2sccc21. The molecule has 10 heteroatoms. The summed E-state index contributed by atoms with van der Waals surface area (Å²) in [6, 6.07) is 16.2. The van der Waals surface area contributed by atoms with Crippen molar-refractivity contribution in [2.45, 2.75) is 33.0 Å². The molecule has 4 aromatic rings. The van der Waals surface area contributed by atoms with Crippen molar-refractivity contribution in [1.29, 1.82) is 0 Å². The summed E-state index contributed by atoms with van der Waals surface area (Å²) in [5.41, 5.74) is 1.57. The first kappa shape index (κ1) is 24.4. The van der Waals surface area contributed by atoms with E-state index in [4.69, 9.17) is 11.6 Å². The van der Waals surface area contributed by atoms with Crippen LogP contribution in [-0.4, -0.2) is 20.9 Å². The van der Waals surface area contributed by atoms with Crippen LogP contribution >= 0.6 is 22.9 Å². The number of hydrogen-bond donors (Lipinski definition) is 2. The Bertz CT molecular complexity index is 1510. The molecule has 2 N–H and O–H groups in total. The molecule has 0 saturated heterocycles. The van der Waals surface area contributed by atoms with E-state index < -0.39 is 17.2 Å².